The molecule has 0 fully saturated rings. The Labute approximate surface area is 92.3 Å². The molecule has 2 rings (SSSR count). The first-order valence-corrected chi connectivity index (χ1v) is 5.75. The molecular formula is C15H18. The maximum atomic E-state index is 3.81. The summed E-state index contributed by atoms with van der Waals surface area (Å²) < 4.78 is 0. The molecule has 1 aromatic carbocycles. The van der Waals surface area contributed by atoms with Crippen molar-refractivity contribution in [2.45, 2.75) is 25.7 Å². The van der Waals surface area contributed by atoms with E-state index in [1.54, 1.807) is 0 Å². The molecule has 0 aromatic heterocycles. The van der Waals surface area contributed by atoms with E-state index in [9.17, 15) is 0 Å². The molecule has 1 atom stereocenters. The zero-order chi connectivity index (χ0) is 10.5. The Morgan fingerprint density at radius 1 is 1.27 bits per heavy atom. The molecule has 78 valence electrons. The lowest BCUT2D eigenvalue weighted by Crippen LogP contribution is -2.04. The average Bonchev–Trinajstić information content (AvgIpc) is 2.32. The van der Waals surface area contributed by atoms with Crippen molar-refractivity contribution in [1.82, 2.24) is 0 Å². The minimum Gasteiger partial charge on any atom is -0.103 e. The van der Waals surface area contributed by atoms with E-state index < -0.39 is 0 Å². The van der Waals surface area contributed by atoms with Crippen LogP contribution < -0.4 is 0 Å². The number of rotatable bonds is 3. The molecule has 0 amide bonds. The van der Waals surface area contributed by atoms with E-state index in [1.165, 1.54) is 36.8 Å². The highest BCUT2D eigenvalue weighted by atomic mass is 14.2. The summed E-state index contributed by atoms with van der Waals surface area (Å²) in [4.78, 5) is 0. The molecule has 1 aromatic rings. The summed E-state index contributed by atoms with van der Waals surface area (Å²) in [6, 6.07) is 10.7. The predicted octanol–water partition coefficient (Wildman–Crippen LogP) is 4.45. The third kappa shape index (κ3) is 2.59. The Bertz CT molecular complexity index is 346. The monoisotopic (exact) mass is 198 g/mol. The summed E-state index contributed by atoms with van der Waals surface area (Å²) in [5.74, 6) is 0.829. The fourth-order valence-electron chi connectivity index (χ4n) is 2.25. The topological polar surface area (TPSA) is 0 Å². The smallest absolute Gasteiger partial charge is 0.0228 e. The Balaban J connectivity index is 2.05. The zero-order valence-electron chi connectivity index (χ0n) is 9.15. The van der Waals surface area contributed by atoms with Crippen LogP contribution in [0.4, 0.5) is 0 Å². The summed E-state index contributed by atoms with van der Waals surface area (Å²) in [6.07, 6.45) is 9.38. The summed E-state index contributed by atoms with van der Waals surface area (Å²) >= 11 is 0. The van der Waals surface area contributed by atoms with Crippen molar-refractivity contribution in [3.63, 3.8) is 0 Å². The predicted molar refractivity (Wildman–Crippen MR) is 66.6 cm³/mol. The van der Waals surface area contributed by atoms with Crippen LogP contribution in [0, 0.1) is 5.92 Å². The van der Waals surface area contributed by atoms with Crippen LogP contribution in [0.25, 0.3) is 5.57 Å². The van der Waals surface area contributed by atoms with E-state index in [-0.39, 0.29) is 0 Å². The SMILES string of the molecule is C=CCC1CC=C(c2ccccc2)CC1. The lowest BCUT2D eigenvalue weighted by Gasteiger charge is -2.20. The van der Waals surface area contributed by atoms with Gasteiger partial charge in [-0.15, -0.1) is 6.58 Å². The highest BCUT2D eigenvalue weighted by Gasteiger charge is 2.13. The molecule has 0 bridgehead atoms. The summed E-state index contributed by atoms with van der Waals surface area (Å²) in [5, 5.41) is 0. The van der Waals surface area contributed by atoms with Crippen molar-refractivity contribution < 1.29 is 0 Å². The lowest BCUT2D eigenvalue weighted by atomic mass is 9.85. The second-order valence-electron chi connectivity index (χ2n) is 4.26. The molecule has 0 saturated carbocycles. The number of allylic oxidation sites excluding steroid dienone is 3. The van der Waals surface area contributed by atoms with Gasteiger partial charge in [0, 0.05) is 0 Å². The second-order valence-corrected chi connectivity index (χ2v) is 4.26. The molecule has 15 heavy (non-hydrogen) atoms. The Kier molecular flexibility index (Phi) is 3.39. The summed E-state index contributed by atoms with van der Waals surface area (Å²) in [6.45, 7) is 3.81. The maximum Gasteiger partial charge on any atom is -0.0228 e. The van der Waals surface area contributed by atoms with E-state index in [0.717, 1.165) is 5.92 Å². The quantitative estimate of drug-likeness (QED) is 0.630. The van der Waals surface area contributed by atoms with Crippen LogP contribution in [0.3, 0.4) is 0 Å². The fraction of sp³-hybridized carbons (Fsp3) is 0.333. The highest BCUT2D eigenvalue weighted by molar-refractivity contribution is 5.66. The van der Waals surface area contributed by atoms with Gasteiger partial charge in [-0.2, -0.15) is 0 Å². The van der Waals surface area contributed by atoms with E-state index in [0.29, 0.717) is 0 Å². The van der Waals surface area contributed by atoms with Gasteiger partial charge in [-0.3, -0.25) is 0 Å². The van der Waals surface area contributed by atoms with Crippen LogP contribution in [0.1, 0.15) is 31.2 Å². The molecule has 1 aliphatic rings. The molecule has 0 heterocycles. The van der Waals surface area contributed by atoms with Crippen LogP contribution in [0.5, 0.6) is 0 Å². The number of benzene rings is 1. The molecular weight excluding hydrogens is 180 g/mol. The molecule has 1 aliphatic carbocycles. The number of hydrogen-bond donors (Lipinski definition) is 0. The molecule has 0 N–H and O–H groups in total. The Hall–Kier alpha value is -1.30. The first kappa shape index (κ1) is 10.2. The van der Waals surface area contributed by atoms with Gasteiger partial charge in [-0.05, 0) is 42.7 Å². The summed E-state index contributed by atoms with van der Waals surface area (Å²) in [7, 11) is 0. The van der Waals surface area contributed by atoms with Gasteiger partial charge in [0.2, 0.25) is 0 Å². The van der Waals surface area contributed by atoms with E-state index in [2.05, 4.69) is 43.0 Å². The third-order valence-corrected chi connectivity index (χ3v) is 3.16. The van der Waals surface area contributed by atoms with Gasteiger partial charge in [-0.25, -0.2) is 0 Å². The van der Waals surface area contributed by atoms with Crippen molar-refractivity contribution >= 4 is 5.57 Å². The van der Waals surface area contributed by atoms with Crippen molar-refractivity contribution in [2.75, 3.05) is 0 Å². The van der Waals surface area contributed by atoms with E-state index in [4.69, 9.17) is 0 Å². The molecule has 0 radical (unpaired) electrons. The lowest BCUT2D eigenvalue weighted by molar-refractivity contribution is 0.492. The first-order valence-electron chi connectivity index (χ1n) is 5.75. The van der Waals surface area contributed by atoms with Crippen molar-refractivity contribution in [3.8, 4) is 0 Å². The van der Waals surface area contributed by atoms with E-state index in [1.807, 2.05) is 6.08 Å². The minimum absolute atomic E-state index is 0.829. The van der Waals surface area contributed by atoms with Crippen LogP contribution in [-0.2, 0) is 0 Å². The Morgan fingerprint density at radius 2 is 2.07 bits per heavy atom. The molecule has 0 spiro atoms. The molecule has 0 nitrogen and oxygen atoms in total. The van der Waals surface area contributed by atoms with Gasteiger partial charge in [-0.1, -0.05) is 42.5 Å². The molecule has 1 unspecified atom stereocenters. The van der Waals surface area contributed by atoms with Gasteiger partial charge in [0.25, 0.3) is 0 Å². The van der Waals surface area contributed by atoms with Crippen LogP contribution in [0.2, 0.25) is 0 Å². The zero-order valence-corrected chi connectivity index (χ0v) is 9.15. The maximum absolute atomic E-state index is 3.81. The van der Waals surface area contributed by atoms with Crippen molar-refractivity contribution in [3.05, 3.63) is 54.6 Å². The Morgan fingerprint density at radius 3 is 2.67 bits per heavy atom. The number of hydrogen-bond acceptors (Lipinski definition) is 0. The van der Waals surface area contributed by atoms with Crippen molar-refractivity contribution in [2.24, 2.45) is 5.92 Å². The summed E-state index contributed by atoms with van der Waals surface area (Å²) in [5.41, 5.74) is 2.92. The highest BCUT2D eigenvalue weighted by Crippen LogP contribution is 2.31. The first-order chi connectivity index (χ1) is 7.40. The average molecular weight is 198 g/mol. The normalized spacial score (nSPS) is 20.8. The van der Waals surface area contributed by atoms with Gasteiger partial charge < -0.3 is 0 Å². The molecule has 0 saturated heterocycles. The van der Waals surface area contributed by atoms with Crippen LogP contribution in [-0.4, -0.2) is 0 Å². The van der Waals surface area contributed by atoms with Crippen LogP contribution >= 0.6 is 0 Å². The van der Waals surface area contributed by atoms with Gasteiger partial charge in [0.15, 0.2) is 0 Å². The van der Waals surface area contributed by atoms with Gasteiger partial charge >= 0.3 is 0 Å². The van der Waals surface area contributed by atoms with Gasteiger partial charge in [0.1, 0.15) is 0 Å². The third-order valence-electron chi connectivity index (χ3n) is 3.16. The molecule has 0 aliphatic heterocycles. The largest absolute Gasteiger partial charge is 0.103 e. The van der Waals surface area contributed by atoms with Crippen LogP contribution in [0.15, 0.2) is 49.1 Å². The fourth-order valence-corrected chi connectivity index (χ4v) is 2.25. The second kappa shape index (κ2) is 4.97. The standard InChI is InChI=1S/C15H18/c1-2-6-13-9-11-15(12-10-13)14-7-4-3-5-8-14/h2-5,7-8,11,13H,1,6,9-10,12H2. The van der Waals surface area contributed by atoms with Gasteiger partial charge in [0.05, 0.1) is 0 Å². The molecule has 0 heteroatoms. The van der Waals surface area contributed by atoms with Crippen molar-refractivity contribution in [1.29, 1.82) is 0 Å². The minimum atomic E-state index is 0.829. The van der Waals surface area contributed by atoms with E-state index >= 15 is 0 Å².